The third-order valence-corrected chi connectivity index (χ3v) is 8.92. The number of anilines is 1. The Morgan fingerprint density at radius 1 is 0.889 bits per heavy atom. The van der Waals surface area contributed by atoms with Gasteiger partial charge in [-0.05, 0) is 88.0 Å². The number of benzene rings is 1. The molecule has 2 unspecified atom stereocenters. The molecular formula is C26H37F3N4O3. The zero-order valence-electron chi connectivity index (χ0n) is 21.4. The number of nitrogens with zero attached hydrogens (tertiary/aromatic N) is 1. The highest BCUT2D eigenvalue weighted by Gasteiger charge is 2.69. The molecule has 3 aliphatic heterocycles. The Bertz CT molecular complexity index is 936. The van der Waals surface area contributed by atoms with Crippen LogP contribution in [-0.4, -0.2) is 50.0 Å². The van der Waals surface area contributed by atoms with Gasteiger partial charge in [-0.15, -0.1) is 13.2 Å². The summed E-state index contributed by atoms with van der Waals surface area (Å²) in [6, 6.07) is 4.32. The lowest BCUT2D eigenvalue weighted by molar-refractivity contribution is -0.274. The first kappa shape index (κ1) is 26.7. The van der Waals surface area contributed by atoms with Gasteiger partial charge >= 0.3 is 12.4 Å². The first-order chi connectivity index (χ1) is 16.8. The second-order valence-electron chi connectivity index (χ2n) is 11.4. The molecule has 1 aromatic carbocycles. The summed E-state index contributed by atoms with van der Waals surface area (Å²) in [5, 5.41) is 10.1. The van der Waals surface area contributed by atoms with Crippen LogP contribution in [0.5, 0.6) is 5.75 Å². The molecule has 0 spiro atoms. The van der Waals surface area contributed by atoms with Crippen molar-refractivity contribution in [3.8, 4) is 5.75 Å². The molecule has 36 heavy (non-hydrogen) atoms. The molecule has 0 aromatic heterocycles. The van der Waals surface area contributed by atoms with Crippen molar-refractivity contribution < 1.29 is 27.5 Å². The molecule has 10 heteroatoms. The van der Waals surface area contributed by atoms with Crippen molar-refractivity contribution in [1.29, 1.82) is 0 Å². The maximum atomic E-state index is 14.5. The first-order valence-electron chi connectivity index (χ1n) is 12.8. The predicted octanol–water partition coefficient (Wildman–Crippen LogP) is 4.43. The topological polar surface area (TPSA) is 82.7 Å². The largest absolute Gasteiger partial charge is 0.573 e. The van der Waals surface area contributed by atoms with Crippen LogP contribution in [0.1, 0.15) is 53.4 Å². The monoisotopic (exact) mass is 510 g/mol. The van der Waals surface area contributed by atoms with Crippen LogP contribution in [0.15, 0.2) is 24.3 Å². The molecule has 0 bridgehead atoms. The van der Waals surface area contributed by atoms with Crippen molar-refractivity contribution in [1.82, 2.24) is 16.0 Å². The molecule has 3 aliphatic rings. The molecule has 0 aliphatic carbocycles. The smallest absolute Gasteiger partial charge is 0.406 e. The molecule has 200 valence electrons. The predicted molar refractivity (Wildman–Crippen MR) is 131 cm³/mol. The summed E-state index contributed by atoms with van der Waals surface area (Å²) >= 11 is 0. The highest BCUT2D eigenvalue weighted by atomic mass is 19.4. The fraction of sp³-hybridized carbons (Fsp3) is 0.692. The number of piperidine rings is 2. The van der Waals surface area contributed by atoms with E-state index >= 15 is 0 Å². The van der Waals surface area contributed by atoms with Gasteiger partial charge in [-0.3, -0.25) is 4.79 Å². The van der Waals surface area contributed by atoms with Crippen LogP contribution in [0.25, 0.3) is 0 Å². The number of hydrogen-bond acceptors (Lipinski definition) is 5. The van der Waals surface area contributed by atoms with Crippen LogP contribution in [0.4, 0.5) is 23.7 Å². The van der Waals surface area contributed by atoms with Crippen molar-refractivity contribution in [2.75, 3.05) is 31.1 Å². The number of urea groups is 1. The van der Waals surface area contributed by atoms with E-state index in [0.717, 1.165) is 68.9 Å². The Balaban J connectivity index is 1.76. The van der Waals surface area contributed by atoms with E-state index in [4.69, 9.17) is 0 Å². The van der Waals surface area contributed by atoms with E-state index in [1.807, 2.05) is 0 Å². The number of halogens is 3. The molecule has 0 radical (unpaired) electrons. The summed E-state index contributed by atoms with van der Waals surface area (Å²) in [6.07, 6.45) is -0.974. The van der Waals surface area contributed by atoms with Crippen LogP contribution in [-0.2, 0) is 4.79 Å². The van der Waals surface area contributed by atoms with Crippen molar-refractivity contribution in [3.05, 3.63) is 24.3 Å². The van der Waals surface area contributed by atoms with E-state index < -0.39 is 34.5 Å². The van der Waals surface area contributed by atoms with Crippen molar-refractivity contribution in [3.63, 3.8) is 0 Å². The van der Waals surface area contributed by atoms with Gasteiger partial charge in [0.2, 0.25) is 0 Å². The van der Waals surface area contributed by atoms with Gasteiger partial charge in [0.05, 0.1) is 5.69 Å². The lowest BCUT2D eigenvalue weighted by Crippen LogP contribution is -2.71. The second kappa shape index (κ2) is 9.52. The molecule has 3 heterocycles. The average molecular weight is 511 g/mol. The number of amides is 3. The molecule has 7 nitrogen and oxygen atoms in total. The van der Waals surface area contributed by atoms with Gasteiger partial charge in [0.15, 0.2) is 0 Å². The molecule has 0 saturated carbocycles. The number of carbonyl (C=O) groups is 2. The SMILES string of the molecule is CC(C)(C1CCCNC1)C1(C(C)(C)C2CCCNC2)NC(=O)N(c2ccc(OC(F)(F)F)cc2)C1=O. The van der Waals surface area contributed by atoms with Crippen LogP contribution in [0.2, 0.25) is 0 Å². The van der Waals surface area contributed by atoms with E-state index in [0.29, 0.717) is 0 Å². The molecule has 3 saturated heterocycles. The van der Waals surface area contributed by atoms with Crippen LogP contribution in [0, 0.1) is 22.7 Å². The Labute approximate surface area is 210 Å². The fourth-order valence-corrected chi connectivity index (χ4v) is 6.81. The van der Waals surface area contributed by atoms with E-state index in [1.54, 1.807) is 0 Å². The van der Waals surface area contributed by atoms with Gasteiger partial charge in [-0.2, -0.15) is 0 Å². The summed E-state index contributed by atoms with van der Waals surface area (Å²) < 4.78 is 41.8. The van der Waals surface area contributed by atoms with Crippen LogP contribution in [0.3, 0.4) is 0 Å². The van der Waals surface area contributed by atoms with Gasteiger partial charge in [-0.25, -0.2) is 9.69 Å². The van der Waals surface area contributed by atoms with E-state index in [9.17, 15) is 22.8 Å². The molecular weight excluding hydrogens is 473 g/mol. The Kier molecular flexibility index (Phi) is 7.07. The zero-order chi connectivity index (χ0) is 26.4. The quantitative estimate of drug-likeness (QED) is 0.494. The van der Waals surface area contributed by atoms with E-state index in [1.165, 1.54) is 12.1 Å². The molecule has 1 aromatic rings. The summed E-state index contributed by atoms with van der Waals surface area (Å²) in [5.74, 6) is -0.474. The standard InChI is InChI=1S/C26H37F3N4O3/c1-23(2,17-7-5-13-30-15-17)25(24(3,4)18-8-6-14-31-16-18)21(34)33(22(35)32-25)19-9-11-20(12-10-19)36-26(27,28)29/h9-12,17-18,30-31H,5-8,13-16H2,1-4H3,(H,32,35). The Morgan fingerprint density at radius 2 is 1.39 bits per heavy atom. The minimum atomic E-state index is -4.83. The number of imide groups is 1. The molecule has 4 rings (SSSR count). The highest BCUT2D eigenvalue weighted by molar-refractivity contribution is 6.24. The van der Waals surface area contributed by atoms with Crippen molar-refractivity contribution >= 4 is 17.6 Å². The third kappa shape index (κ3) is 4.47. The first-order valence-corrected chi connectivity index (χ1v) is 12.8. The highest BCUT2D eigenvalue weighted by Crippen LogP contribution is 2.56. The van der Waals surface area contributed by atoms with Gasteiger partial charge in [-0.1, -0.05) is 27.7 Å². The molecule has 2 atom stereocenters. The molecule has 3 fully saturated rings. The molecule has 3 amide bonds. The van der Waals surface area contributed by atoms with E-state index in [2.05, 4.69) is 48.4 Å². The van der Waals surface area contributed by atoms with Crippen LogP contribution >= 0.6 is 0 Å². The van der Waals surface area contributed by atoms with Crippen molar-refractivity contribution in [2.45, 2.75) is 65.3 Å². The van der Waals surface area contributed by atoms with Crippen LogP contribution < -0.4 is 25.6 Å². The maximum absolute atomic E-state index is 14.5. The summed E-state index contributed by atoms with van der Waals surface area (Å²) in [4.78, 5) is 29.1. The normalized spacial score (nSPS) is 28.2. The molecule has 3 N–H and O–H groups in total. The maximum Gasteiger partial charge on any atom is 0.573 e. The minimum absolute atomic E-state index is 0.147. The lowest BCUT2D eigenvalue weighted by Gasteiger charge is -2.58. The van der Waals surface area contributed by atoms with E-state index in [-0.39, 0.29) is 23.4 Å². The number of hydrogen-bond donors (Lipinski definition) is 3. The van der Waals surface area contributed by atoms with Gasteiger partial charge in [0.1, 0.15) is 11.3 Å². The number of rotatable bonds is 6. The Morgan fingerprint density at radius 3 is 1.81 bits per heavy atom. The fourth-order valence-electron chi connectivity index (χ4n) is 6.81. The Hall–Kier alpha value is -2.33. The van der Waals surface area contributed by atoms with Gasteiger partial charge in [0, 0.05) is 10.8 Å². The number of alkyl halides is 3. The lowest BCUT2D eigenvalue weighted by atomic mass is 9.49. The number of carbonyl (C=O) groups excluding carboxylic acids is 2. The summed E-state index contributed by atoms with van der Waals surface area (Å²) in [7, 11) is 0. The average Bonchev–Trinajstić information content (AvgIpc) is 3.11. The summed E-state index contributed by atoms with van der Waals surface area (Å²) in [6.45, 7) is 11.6. The number of ether oxygens (including phenoxy) is 1. The number of nitrogens with one attached hydrogen (secondary N) is 3. The zero-order valence-corrected chi connectivity index (χ0v) is 21.4. The van der Waals surface area contributed by atoms with Crippen molar-refractivity contribution in [2.24, 2.45) is 22.7 Å². The second-order valence-corrected chi connectivity index (χ2v) is 11.4. The van der Waals surface area contributed by atoms with Gasteiger partial charge < -0.3 is 20.7 Å². The minimum Gasteiger partial charge on any atom is -0.406 e. The van der Waals surface area contributed by atoms with Gasteiger partial charge in [0.25, 0.3) is 5.91 Å². The summed E-state index contributed by atoms with van der Waals surface area (Å²) in [5.41, 5.74) is -2.22. The third-order valence-electron chi connectivity index (χ3n) is 8.92.